The van der Waals surface area contributed by atoms with Crippen molar-refractivity contribution in [1.29, 1.82) is 5.26 Å². The first kappa shape index (κ1) is 17.5. The molecule has 2 fully saturated rings. The number of nitriles is 1. The third-order valence-electron chi connectivity index (χ3n) is 5.34. The second kappa shape index (κ2) is 7.28. The summed E-state index contributed by atoms with van der Waals surface area (Å²) in [6.45, 7) is 2.75. The van der Waals surface area contributed by atoms with Crippen LogP contribution in [0.4, 0.5) is 4.79 Å². The number of nitrogens with one attached hydrogen (secondary N) is 1. The lowest BCUT2D eigenvalue weighted by Gasteiger charge is -2.23. The second-order valence-electron chi connectivity index (χ2n) is 7.34. The maximum atomic E-state index is 12.1. The average Bonchev–Trinajstić information content (AvgIpc) is 3.27. The Morgan fingerprint density at radius 1 is 1.32 bits per heavy atom. The van der Waals surface area contributed by atoms with Crippen molar-refractivity contribution in [2.75, 3.05) is 40.3 Å². The van der Waals surface area contributed by atoms with E-state index in [2.05, 4.69) is 5.32 Å². The van der Waals surface area contributed by atoms with Crippen LogP contribution in [0, 0.1) is 29.1 Å². The van der Waals surface area contributed by atoms with E-state index in [1.807, 2.05) is 11.0 Å². The van der Waals surface area contributed by atoms with E-state index < -0.39 is 0 Å². The van der Waals surface area contributed by atoms with Gasteiger partial charge < -0.3 is 15.1 Å². The maximum absolute atomic E-state index is 12.1. The molecule has 2 amide bonds. The molecule has 0 aromatic carbocycles. The zero-order valence-corrected chi connectivity index (χ0v) is 14.8. The van der Waals surface area contributed by atoms with Gasteiger partial charge in [-0.2, -0.15) is 5.26 Å². The van der Waals surface area contributed by atoms with E-state index in [0.29, 0.717) is 23.4 Å². The minimum absolute atomic E-state index is 0.106. The quantitative estimate of drug-likeness (QED) is 0.891. The average molecular weight is 343 g/mol. The molecule has 2 atom stereocenters. The fourth-order valence-electron chi connectivity index (χ4n) is 4.19. The molecule has 1 aromatic heterocycles. The first-order chi connectivity index (χ1) is 12.0. The van der Waals surface area contributed by atoms with Crippen LogP contribution in [-0.2, 0) is 0 Å². The van der Waals surface area contributed by atoms with Gasteiger partial charge in [0.05, 0.1) is 6.54 Å². The Balaban J connectivity index is 1.42. The van der Waals surface area contributed by atoms with Crippen LogP contribution in [-0.4, -0.2) is 66.6 Å². The summed E-state index contributed by atoms with van der Waals surface area (Å²) < 4.78 is 1.39. The molecule has 1 aliphatic heterocycles. The van der Waals surface area contributed by atoms with E-state index in [4.69, 9.17) is 5.26 Å². The molecule has 1 aliphatic carbocycles. The van der Waals surface area contributed by atoms with Crippen molar-refractivity contribution in [2.24, 2.45) is 17.8 Å². The van der Waals surface area contributed by atoms with Gasteiger partial charge in [-0.1, -0.05) is 0 Å². The monoisotopic (exact) mass is 343 g/mol. The number of nitrogens with zero attached hydrogens (tertiary/aromatic N) is 4. The fraction of sp³-hybridized carbons (Fsp3) is 0.611. The molecule has 25 heavy (non-hydrogen) atoms. The van der Waals surface area contributed by atoms with E-state index >= 15 is 0 Å². The Hall–Kier alpha value is -2.33. The largest absolute Gasteiger partial charge is 0.331 e. The van der Waals surface area contributed by atoms with Crippen molar-refractivity contribution in [2.45, 2.75) is 12.8 Å². The number of fused-ring (bicyclic) bond motifs is 1. The zero-order chi connectivity index (χ0) is 18.0. The number of likely N-dealkylation sites (tertiary alicyclic amines) is 1. The van der Waals surface area contributed by atoms with Crippen molar-refractivity contribution < 1.29 is 9.59 Å². The Labute approximate surface area is 148 Å². The van der Waals surface area contributed by atoms with E-state index in [1.54, 1.807) is 37.3 Å². The molecule has 1 aromatic rings. The molecule has 2 unspecified atom stereocenters. The van der Waals surface area contributed by atoms with Crippen molar-refractivity contribution in [1.82, 2.24) is 19.7 Å². The van der Waals surface area contributed by atoms with Crippen LogP contribution in [0.25, 0.3) is 0 Å². The van der Waals surface area contributed by atoms with Crippen LogP contribution in [0.3, 0.4) is 0 Å². The van der Waals surface area contributed by atoms with Gasteiger partial charge in [0.15, 0.2) is 0 Å². The van der Waals surface area contributed by atoms with Crippen molar-refractivity contribution in [3.8, 4) is 6.07 Å². The second-order valence-corrected chi connectivity index (χ2v) is 7.34. The Bertz CT molecular complexity index is 676. The van der Waals surface area contributed by atoms with Gasteiger partial charge in [0.1, 0.15) is 11.8 Å². The molecule has 3 rings (SSSR count). The number of hydrogen-bond donors (Lipinski definition) is 1. The van der Waals surface area contributed by atoms with Crippen LogP contribution in [0.5, 0.6) is 0 Å². The smallest absolute Gasteiger partial charge is 0.319 e. The van der Waals surface area contributed by atoms with Gasteiger partial charge in [-0.25, -0.2) is 4.79 Å². The minimum atomic E-state index is -0.109. The standard InChI is InChI=1S/C18H25N5O2/c1-21(2)18(25)22-11-14-6-13(7-15(14)12-22)9-20-10-17(24)23-5-3-4-16(23)8-19/h3-5,13-15,20H,6-7,9-12H2,1-2H3. The molecule has 7 nitrogen and oxygen atoms in total. The van der Waals surface area contributed by atoms with Gasteiger partial charge in [0.2, 0.25) is 5.91 Å². The highest BCUT2D eigenvalue weighted by molar-refractivity contribution is 5.82. The maximum Gasteiger partial charge on any atom is 0.319 e. The third-order valence-corrected chi connectivity index (χ3v) is 5.34. The van der Waals surface area contributed by atoms with Crippen molar-refractivity contribution in [3.63, 3.8) is 0 Å². The van der Waals surface area contributed by atoms with Gasteiger partial charge in [0, 0.05) is 33.4 Å². The van der Waals surface area contributed by atoms with Crippen molar-refractivity contribution >= 4 is 11.9 Å². The van der Waals surface area contributed by atoms with Gasteiger partial charge in [-0.05, 0) is 49.3 Å². The normalized spacial score (nSPS) is 24.8. The Morgan fingerprint density at radius 2 is 2.00 bits per heavy atom. The van der Waals surface area contributed by atoms with Crippen LogP contribution in [0.2, 0.25) is 0 Å². The Kier molecular flexibility index (Phi) is 5.09. The highest BCUT2D eigenvalue weighted by atomic mass is 16.2. The lowest BCUT2D eigenvalue weighted by Crippen LogP contribution is -2.38. The van der Waals surface area contributed by atoms with Gasteiger partial charge in [0.25, 0.3) is 0 Å². The molecule has 1 N–H and O–H groups in total. The molecule has 1 saturated heterocycles. The number of amides is 2. The molecule has 7 heteroatoms. The summed E-state index contributed by atoms with van der Waals surface area (Å²) in [6, 6.07) is 5.46. The first-order valence-electron chi connectivity index (χ1n) is 8.77. The molecule has 2 aliphatic rings. The van der Waals surface area contributed by atoms with E-state index in [0.717, 1.165) is 32.5 Å². The number of hydrogen-bond acceptors (Lipinski definition) is 4. The number of aromatic nitrogens is 1. The van der Waals surface area contributed by atoms with E-state index in [-0.39, 0.29) is 18.5 Å². The molecule has 134 valence electrons. The molecule has 0 spiro atoms. The summed E-state index contributed by atoms with van der Waals surface area (Å²) in [4.78, 5) is 27.8. The molecule has 0 bridgehead atoms. The fourth-order valence-corrected chi connectivity index (χ4v) is 4.19. The van der Waals surface area contributed by atoms with Crippen LogP contribution in [0.1, 0.15) is 23.3 Å². The summed E-state index contributed by atoms with van der Waals surface area (Å²) in [5.41, 5.74) is 0.368. The minimum Gasteiger partial charge on any atom is -0.331 e. The molecular formula is C18H25N5O2. The molecule has 2 heterocycles. The van der Waals surface area contributed by atoms with Crippen molar-refractivity contribution in [3.05, 3.63) is 24.0 Å². The Morgan fingerprint density at radius 3 is 2.60 bits per heavy atom. The lowest BCUT2D eigenvalue weighted by atomic mass is 10.0. The van der Waals surface area contributed by atoms with Crippen LogP contribution in [0.15, 0.2) is 18.3 Å². The van der Waals surface area contributed by atoms with E-state index in [9.17, 15) is 9.59 Å². The summed E-state index contributed by atoms with van der Waals surface area (Å²) >= 11 is 0. The topological polar surface area (TPSA) is 81.4 Å². The van der Waals surface area contributed by atoms with Crippen LogP contribution < -0.4 is 5.32 Å². The summed E-state index contributed by atoms with van der Waals surface area (Å²) in [5.74, 6) is 1.61. The SMILES string of the molecule is CN(C)C(=O)N1CC2CC(CNCC(=O)n3cccc3C#N)CC2C1. The van der Waals surface area contributed by atoms with Crippen LogP contribution >= 0.6 is 0 Å². The number of urea groups is 1. The summed E-state index contributed by atoms with van der Waals surface area (Å²) in [5, 5.41) is 12.2. The zero-order valence-electron chi connectivity index (χ0n) is 14.8. The third kappa shape index (κ3) is 3.69. The lowest BCUT2D eigenvalue weighted by molar-refractivity contribution is 0.0910. The molecule has 0 radical (unpaired) electrons. The highest BCUT2D eigenvalue weighted by Gasteiger charge is 2.42. The predicted molar refractivity (Wildman–Crippen MR) is 93.0 cm³/mol. The summed E-state index contributed by atoms with van der Waals surface area (Å²) in [7, 11) is 3.59. The highest BCUT2D eigenvalue weighted by Crippen LogP contribution is 2.41. The summed E-state index contributed by atoms with van der Waals surface area (Å²) in [6.07, 6.45) is 3.84. The first-order valence-corrected chi connectivity index (χ1v) is 8.77. The number of rotatable bonds is 4. The predicted octanol–water partition coefficient (Wildman–Crippen LogP) is 1.23. The van der Waals surface area contributed by atoms with Gasteiger partial charge >= 0.3 is 6.03 Å². The number of carbonyl (C=O) groups is 2. The number of carbonyl (C=O) groups excluding carboxylic acids is 2. The van der Waals surface area contributed by atoms with Gasteiger partial charge in [-0.3, -0.25) is 9.36 Å². The molecule has 1 saturated carbocycles. The molecular weight excluding hydrogens is 318 g/mol. The van der Waals surface area contributed by atoms with Gasteiger partial charge in [-0.15, -0.1) is 0 Å². The van der Waals surface area contributed by atoms with E-state index in [1.165, 1.54) is 4.57 Å².